The van der Waals surface area contributed by atoms with Crippen LogP contribution in [-0.4, -0.2) is 23.9 Å². The standard InChI is InChI=1S/C18H21BrN2O/c1-13-9-10-17(16(19)11-13)20-14(2)18(22)21(3)12-15-7-5-4-6-8-15/h4-11,14,20H,12H2,1-3H3/t14-/m0/s1. The third kappa shape index (κ3) is 4.34. The number of nitrogens with zero attached hydrogens (tertiary/aromatic N) is 1. The van der Waals surface area contributed by atoms with Gasteiger partial charge in [0, 0.05) is 23.8 Å². The fraction of sp³-hybridized carbons (Fsp3) is 0.278. The second kappa shape index (κ2) is 7.45. The van der Waals surface area contributed by atoms with E-state index in [0.29, 0.717) is 6.54 Å². The Bertz CT molecular complexity index is 643. The molecule has 0 aliphatic heterocycles. The number of amides is 1. The summed E-state index contributed by atoms with van der Waals surface area (Å²) in [6.45, 7) is 4.54. The van der Waals surface area contributed by atoms with Crippen molar-refractivity contribution in [3.8, 4) is 0 Å². The molecule has 0 bridgehead atoms. The van der Waals surface area contributed by atoms with E-state index in [-0.39, 0.29) is 11.9 Å². The van der Waals surface area contributed by atoms with E-state index in [1.807, 2.05) is 69.4 Å². The van der Waals surface area contributed by atoms with E-state index in [1.165, 1.54) is 5.56 Å². The fourth-order valence-electron chi connectivity index (χ4n) is 2.30. The van der Waals surface area contributed by atoms with Crippen molar-refractivity contribution in [2.24, 2.45) is 0 Å². The Balaban J connectivity index is 1.99. The molecule has 0 radical (unpaired) electrons. The summed E-state index contributed by atoms with van der Waals surface area (Å²) in [7, 11) is 1.83. The number of rotatable bonds is 5. The minimum absolute atomic E-state index is 0.0660. The van der Waals surface area contributed by atoms with Gasteiger partial charge >= 0.3 is 0 Å². The Labute approximate surface area is 140 Å². The van der Waals surface area contributed by atoms with Crippen LogP contribution >= 0.6 is 15.9 Å². The number of likely N-dealkylation sites (N-methyl/N-ethyl adjacent to an activating group) is 1. The lowest BCUT2D eigenvalue weighted by atomic mass is 10.2. The van der Waals surface area contributed by atoms with E-state index in [1.54, 1.807) is 4.90 Å². The van der Waals surface area contributed by atoms with Crippen LogP contribution in [0.1, 0.15) is 18.1 Å². The highest BCUT2D eigenvalue weighted by Crippen LogP contribution is 2.24. The number of benzene rings is 2. The maximum atomic E-state index is 12.5. The highest BCUT2D eigenvalue weighted by molar-refractivity contribution is 9.10. The Hall–Kier alpha value is -1.81. The fourth-order valence-corrected chi connectivity index (χ4v) is 2.91. The van der Waals surface area contributed by atoms with Crippen LogP contribution in [0, 0.1) is 6.92 Å². The quantitative estimate of drug-likeness (QED) is 0.865. The minimum Gasteiger partial charge on any atom is -0.373 e. The first kappa shape index (κ1) is 16.6. The third-order valence-corrected chi connectivity index (χ3v) is 4.16. The molecular weight excluding hydrogens is 340 g/mol. The van der Waals surface area contributed by atoms with Gasteiger partial charge in [0.05, 0.1) is 0 Å². The maximum absolute atomic E-state index is 12.5. The largest absolute Gasteiger partial charge is 0.373 e. The molecular formula is C18H21BrN2O. The molecule has 1 N–H and O–H groups in total. The van der Waals surface area contributed by atoms with Crippen LogP contribution in [0.4, 0.5) is 5.69 Å². The van der Waals surface area contributed by atoms with Gasteiger partial charge in [-0.3, -0.25) is 4.79 Å². The number of nitrogens with one attached hydrogen (secondary N) is 1. The lowest BCUT2D eigenvalue weighted by Crippen LogP contribution is -2.38. The summed E-state index contributed by atoms with van der Waals surface area (Å²) in [5.74, 6) is 0.0660. The zero-order valence-electron chi connectivity index (χ0n) is 13.1. The summed E-state index contributed by atoms with van der Waals surface area (Å²) >= 11 is 3.53. The first-order valence-corrected chi connectivity index (χ1v) is 8.08. The van der Waals surface area contributed by atoms with Crippen LogP contribution in [0.5, 0.6) is 0 Å². The molecule has 0 heterocycles. The van der Waals surface area contributed by atoms with E-state index in [2.05, 4.69) is 21.2 Å². The molecule has 1 atom stereocenters. The summed E-state index contributed by atoms with van der Waals surface area (Å²) in [5, 5.41) is 3.27. The molecule has 116 valence electrons. The topological polar surface area (TPSA) is 32.3 Å². The van der Waals surface area contributed by atoms with Crippen molar-refractivity contribution in [1.82, 2.24) is 4.90 Å². The zero-order chi connectivity index (χ0) is 16.1. The van der Waals surface area contributed by atoms with E-state index in [9.17, 15) is 4.79 Å². The van der Waals surface area contributed by atoms with Gasteiger partial charge in [-0.2, -0.15) is 0 Å². The average molecular weight is 361 g/mol. The molecule has 0 aliphatic carbocycles. The summed E-state index contributed by atoms with van der Waals surface area (Å²) in [6, 6.07) is 15.8. The number of aryl methyl sites for hydroxylation is 1. The minimum atomic E-state index is -0.285. The molecule has 0 aromatic heterocycles. The Morgan fingerprint density at radius 2 is 1.91 bits per heavy atom. The van der Waals surface area contributed by atoms with Gasteiger partial charge in [0.2, 0.25) is 5.91 Å². The van der Waals surface area contributed by atoms with Crippen molar-refractivity contribution in [1.29, 1.82) is 0 Å². The predicted octanol–water partition coefficient (Wildman–Crippen LogP) is 4.22. The van der Waals surface area contributed by atoms with Crippen molar-refractivity contribution in [2.45, 2.75) is 26.4 Å². The van der Waals surface area contributed by atoms with Crippen molar-refractivity contribution >= 4 is 27.5 Å². The van der Waals surface area contributed by atoms with E-state index in [0.717, 1.165) is 15.7 Å². The number of carbonyl (C=O) groups excluding carboxylic acids is 1. The molecule has 22 heavy (non-hydrogen) atoms. The van der Waals surface area contributed by atoms with Gasteiger partial charge in [0.15, 0.2) is 0 Å². The molecule has 4 heteroatoms. The van der Waals surface area contributed by atoms with Crippen molar-refractivity contribution in [3.05, 3.63) is 64.1 Å². The van der Waals surface area contributed by atoms with E-state index < -0.39 is 0 Å². The molecule has 2 rings (SSSR count). The van der Waals surface area contributed by atoms with Crippen molar-refractivity contribution in [3.63, 3.8) is 0 Å². The summed E-state index contributed by atoms with van der Waals surface area (Å²) in [6.07, 6.45) is 0. The molecule has 0 unspecified atom stereocenters. The SMILES string of the molecule is Cc1ccc(N[C@@H](C)C(=O)N(C)Cc2ccccc2)c(Br)c1. The van der Waals surface area contributed by atoms with Gasteiger partial charge in [0.25, 0.3) is 0 Å². The Kier molecular flexibility index (Phi) is 5.61. The lowest BCUT2D eigenvalue weighted by molar-refractivity contribution is -0.130. The van der Waals surface area contributed by atoms with Crippen molar-refractivity contribution in [2.75, 3.05) is 12.4 Å². The lowest BCUT2D eigenvalue weighted by Gasteiger charge is -2.23. The zero-order valence-corrected chi connectivity index (χ0v) is 14.7. The van der Waals surface area contributed by atoms with Gasteiger partial charge < -0.3 is 10.2 Å². The molecule has 1 amide bonds. The molecule has 0 saturated carbocycles. The van der Waals surface area contributed by atoms with Crippen LogP contribution in [0.3, 0.4) is 0 Å². The molecule has 2 aromatic carbocycles. The number of hydrogen-bond acceptors (Lipinski definition) is 2. The summed E-state index contributed by atoms with van der Waals surface area (Å²) in [5.41, 5.74) is 3.24. The third-order valence-electron chi connectivity index (χ3n) is 3.51. The second-order valence-corrected chi connectivity index (χ2v) is 6.38. The van der Waals surface area contributed by atoms with Crippen molar-refractivity contribution < 1.29 is 4.79 Å². The van der Waals surface area contributed by atoms with Gasteiger partial charge in [-0.05, 0) is 53.0 Å². The highest BCUT2D eigenvalue weighted by atomic mass is 79.9. The Morgan fingerprint density at radius 1 is 1.23 bits per heavy atom. The molecule has 0 spiro atoms. The second-order valence-electron chi connectivity index (χ2n) is 5.53. The molecule has 3 nitrogen and oxygen atoms in total. The Morgan fingerprint density at radius 3 is 2.55 bits per heavy atom. The molecule has 0 saturated heterocycles. The number of hydrogen-bond donors (Lipinski definition) is 1. The number of anilines is 1. The highest BCUT2D eigenvalue weighted by Gasteiger charge is 2.18. The van der Waals surface area contributed by atoms with Gasteiger partial charge in [-0.15, -0.1) is 0 Å². The number of carbonyl (C=O) groups is 1. The van der Waals surface area contributed by atoms with E-state index >= 15 is 0 Å². The molecule has 0 aliphatic rings. The van der Waals surface area contributed by atoms with Gasteiger partial charge in [0.1, 0.15) is 6.04 Å². The van der Waals surface area contributed by atoms with Crippen LogP contribution in [0.2, 0.25) is 0 Å². The monoisotopic (exact) mass is 360 g/mol. The predicted molar refractivity (Wildman–Crippen MR) is 94.9 cm³/mol. The smallest absolute Gasteiger partial charge is 0.244 e. The van der Waals surface area contributed by atoms with Gasteiger partial charge in [-0.25, -0.2) is 0 Å². The normalized spacial score (nSPS) is 11.8. The van der Waals surface area contributed by atoms with Crippen LogP contribution in [0.25, 0.3) is 0 Å². The summed E-state index contributed by atoms with van der Waals surface area (Å²) < 4.78 is 0.970. The molecule has 0 fully saturated rings. The van der Waals surface area contributed by atoms with Crippen LogP contribution < -0.4 is 5.32 Å². The van der Waals surface area contributed by atoms with Crippen LogP contribution in [-0.2, 0) is 11.3 Å². The molecule has 2 aromatic rings. The first-order chi connectivity index (χ1) is 10.5. The van der Waals surface area contributed by atoms with E-state index in [4.69, 9.17) is 0 Å². The summed E-state index contributed by atoms with van der Waals surface area (Å²) in [4.78, 5) is 14.2. The maximum Gasteiger partial charge on any atom is 0.244 e. The van der Waals surface area contributed by atoms with Gasteiger partial charge in [-0.1, -0.05) is 36.4 Å². The average Bonchev–Trinajstić information content (AvgIpc) is 2.50. The van der Waals surface area contributed by atoms with Crippen LogP contribution in [0.15, 0.2) is 53.0 Å². The number of halogens is 1. The first-order valence-electron chi connectivity index (χ1n) is 7.29.